The predicted molar refractivity (Wildman–Crippen MR) is 121 cm³/mol. The number of hydrogen-bond acceptors (Lipinski definition) is 9. The van der Waals surface area contributed by atoms with Crippen LogP contribution in [0.4, 0.5) is 0 Å². The van der Waals surface area contributed by atoms with Crippen LogP contribution in [0.2, 0.25) is 0 Å². The van der Waals surface area contributed by atoms with Gasteiger partial charge in [0, 0.05) is 39.8 Å². The van der Waals surface area contributed by atoms with Crippen molar-refractivity contribution in [3.8, 4) is 17.2 Å². The summed E-state index contributed by atoms with van der Waals surface area (Å²) in [6, 6.07) is 10.9. The van der Waals surface area contributed by atoms with Crippen molar-refractivity contribution in [1.82, 2.24) is 4.98 Å². The largest absolute Gasteiger partial charge is 0.493 e. The molecule has 0 saturated carbocycles. The van der Waals surface area contributed by atoms with E-state index in [1.54, 1.807) is 21.1 Å². The molecular formula is C23H32N2O8. The number of benzene rings is 1. The van der Waals surface area contributed by atoms with Crippen molar-refractivity contribution in [3.05, 3.63) is 48.3 Å². The van der Waals surface area contributed by atoms with Crippen LogP contribution in [-0.4, -0.2) is 56.9 Å². The molecule has 1 aromatic carbocycles. The maximum atomic E-state index is 11.0. The van der Waals surface area contributed by atoms with Crippen molar-refractivity contribution in [2.24, 2.45) is 5.73 Å². The molecule has 2 N–H and O–H groups in total. The van der Waals surface area contributed by atoms with Crippen LogP contribution >= 0.6 is 0 Å². The normalized spacial score (nSPS) is 10.2. The third kappa shape index (κ3) is 12.7. The van der Waals surface area contributed by atoms with Crippen LogP contribution in [-0.2, 0) is 19.1 Å². The van der Waals surface area contributed by atoms with Gasteiger partial charge in [-0.15, -0.1) is 0 Å². The molecule has 0 fully saturated rings. The number of amides is 1. The van der Waals surface area contributed by atoms with Crippen LogP contribution in [0, 0.1) is 0 Å². The predicted octanol–water partition coefficient (Wildman–Crippen LogP) is 2.78. The lowest BCUT2D eigenvalue weighted by atomic mass is 10.3. The van der Waals surface area contributed by atoms with Crippen molar-refractivity contribution < 1.29 is 38.1 Å². The molecule has 2 aromatic rings. The number of methoxy groups -OCH3 is 2. The van der Waals surface area contributed by atoms with Gasteiger partial charge in [-0.2, -0.15) is 0 Å². The van der Waals surface area contributed by atoms with Gasteiger partial charge >= 0.3 is 11.9 Å². The molecule has 0 aliphatic carbocycles. The summed E-state index contributed by atoms with van der Waals surface area (Å²) in [6.07, 6.45) is 1.62. The van der Waals surface area contributed by atoms with Crippen molar-refractivity contribution in [1.29, 1.82) is 0 Å². The number of para-hydroxylation sites is 1. The molecule has 10 heteroatoms. The Morgan fingerprint density at radius 1 is 1.06 bits per heavy atom. The summed E-state index contributed by atoms with van der Waals surface area (Å²) in [5, 5.41) is 0. The standard InChI is InChI=1S/C12H16O3.C9H10N2O4.C2H6O/c1-3-12(13)14-9-10(2)15-11-7-5-4-6-8-11;1-5(12)15-8-6(14-2)3-4-11-7(8)9(10)13;1-3-2/h4-8,10H,3,9H2,1-2H3;3-4H,1-2H3,(H2,10,13);1-2H3. The molecule has 1 atom stereocenters. The van der Waals surface area contributed by atoms with E-state index in [1.807, 2.05) is 37.3 Å². The number of carbonyl (C=O) groups is 3. The Bertz CT molecular complexity index is 859. The zero-order chi connectivity index (χ0) is 25.2. The second kappa shape index (κ2) is 17.0. The number of pyridine rings is 1. The first kappa shape index (κ1) is 29.3. The van der Waals surface area contributed by atoms with Gasteiger partial charge in [0.05, 0.1) is 7.11 Å². The van der Waals surface area contributed by atoms with E-state index in [9.17, 15) is 14.4 Å². The van der Waals surface area contributed by atoms with Crippen LogP contribution in [0.15, 0.2) is 42.6 Å². The average molecular weight is 465 g/mol. The van der Waals surface area contributed by atoms with Gasteiger partial charge in [0.1, 0.15) is 18.5 Å². The first-order valence-corrected chi connectivity index (χ1v) is 9.98. The van der Waals surface area contributed by atoms with Gasteiger partial charge in [0.15, 0.2) is 11.4 Å². The Kier molecular flexibility index (Phi) is 15.1. The van der Waals surface area contributed by atoms with Gasteiger partial charge in [0.25, 0.3) is 5.91 Å². The van der Waals surface area contributed by atoms with E-state index in [4.69, 9.17) is 24.7 Å². The number of primary amides is 1. The van der Waals surface area contributed by atoms with Crippen LogP contribution in [0.5, 0.6) is 17.2 Å². The molecular weight excluding hydrogens is 432 g/mol. The fraction of sp³-hybridized carbons (Fsp3) is 0.391. The lowest BCUT2D eigenvalue weighted by Crippen LogP contribution is -2.21. The van der Waals surface area contributed by atoms with Gasteiger partial charge < -0.3 is 29.4 Å². The molecule has 1 aromatic heterocycles. The lowest BCUT2D eigenvalue weighted by Gasteiger charge is -2.14. The van der Waals surface area contributed by atoms with Crippen molar-refractivity contribution in [3.63, 3.8) is 0 Å². The molecule has 0 spiro atoms. The highest BCUT2D eigenvalue weighted by molar-refractivity contribution is 5.95. The first-order chi connectivity index (χ1) is 15.7. The van der Waals surface area contributed by atoms with E-state index < -0.39 is 11.9 Å². The van der Waals surface area contributed by atoms with Crippen LogP contribution in [0.3, 0.4) is 0 Å². The van der Waals surface area contributed by atoms with Crippen molar-refractivity contribution in [2.45, 2.75) is 33.3 Å². The Balaban J connectivity index is 0.000000555. The van der Waals surface area contributed by atoms with Gasteiger partial charge in [-0.1, -0.05) is 25.1 Å². The number of nitrogens with two attached hydrogens (primary N) is 1. The lowest BCUT2D eigenvalue weighted by molar-refractivity contribution is -0.145. The molecule has 0 bridgehead atoms. The minimum Gasteiger partial charge on any atom is -0.493 e. The number of aromatic nitrogens is 1. The summed E-state index contributed by atoms with van der Waals surface area (Å²) in [4.78, 5) is 36.4. The van der Waals surface area contributed by atoms with E-state index in [0.717, 1.165) is 5.75 Å². The minimum absolute atomic E-state index is 0.0556. The molecule has 1 heterocycles. The minimum atomic E-state index is -0.787. The number of ether oxygens (including phenoxy) is 5. The molecule has 0 aliphatic heterocycles. The second-order valence-electron chi connectivity index (χ2n) is 6.34. The highest BCUT2D eigenvalue weighted by Crippen LogP contribution is 2.29. The zero-order valence-electron chi connectivity index (χ0n) is 19.8. The van der Waals surface area contributed by atoms with Gasteiger partial charge in [-0.3, -0.25) is 14.4 Å². The van der Waals surface area contributed by atoms with Gasteiger partial charge in [-0.05, 0) is 19.1 Å². The summed E-state index contributed by atoms with van der Waals surface area (Å²) < 4.78 is 24.5. The summed E-state index contributed by atoms with van der Waals surface area (Å²) in [5.74, 6) is -0.598. The van der Waals surface area contributed by atoms with Gasteiger partial charge in [0.2, 0.25) is 5.75 Å². The molecule has 1 amide bonds. The second-order valence-corrected chi connectivity index (χ2v) is 6.34. The Labute approximate surface area is 193 Å². The fourth-order valence-electron chi connectivity index (χ4n) is 2.09. The number of nitrogens with zero attached hydrogens (tertiary/aromatic N) is 1. The molecule has 0 aliphatic rings. The van der Waals surface area contributed by atoms with E-state index in [-0.39, 0.29) is 29.3 Å². The van der Waals surface area contributed by atoms with E-state index in [0.29, 0.717) is 13.0 Å². The topological polar surface area (TPSA) is 136 Å². The average Bonchev–Trinajstić information content (AvgIpc) is 2.78. The highest BCUT2D eigenvalue weighted by atomic mass is 16.6. The summed E-state index contributed by atoms with van der Waals surface area (Å²) >= 11 is 0. The van der Waals surface area contributed by atoms with Crippen LogP contribution in [0.25, 0.3) is 0 Å². The van der Waals surface area contributed by atoms with E-state index in [1.165, 1.54) is 26.3 Å². The third-order valence-corrected chi connectivity index (χ3v) is 3.42. The summed E-state index contributed by atoms with van der Waals surface area (Å²) in [6.45, 7) is 5.14. The molecule has 1 unspecified atom stereocenters. The molecule has 33 heavy (non-hydrogen) atoms. The van der Waals surface area contributed by atoms with Crippen molar-refractivity contribution in [2.75, 3.05) is 27.9 Å². The third-order valence-electron chi connectivity index (χ3n) is 3.42. The molecule has 182 valence electrons. The zero-order valence-corrected chi connectivity index (χ0v) is 19.8. The quantitative estimate of drug-likeness (QED) is 0.585. The van der Waals surface area contributed by atoms with Crippen LogP contribution in [0.1, 0.15) is 37.7 Å². The number of rotatable bonds is 8. The first-order valence-electron chi connectivity index (χ1n) is 9.98. The highest BCUT2D eigenvalue weighted by Gasteiger charge is 2.18. The molecule has 0 saturated heterocycles. The molecule has 2 rings (SSSR count). The van der Waals surface area contributed by atoms with E-state index >= 15 is 0 Å². The van der Waals surface area contributed by atoms with Crippen LogP contribution < -0.4 is 19.9 Å². The summed E-state index contributed by atoms with van der Waals surface area (Å²) in [7, 11) is 4.63. The fourth-order valence-corrected chi connectivity index (χ4v) is 2.09. The summed E-state index contributed by atoms with van der Waals surface area (Å²) in [5.41, 5.74) is 4.93. The smallest absolute Gasteiger partial charge is 0.308 e. The number of esters is 2. The molecule has 0 radical (unpaired) electrons. The number of hydrogen-bond donors (Lipinski definition) is 1. The Hall–Kier alpha value is -3.66. The molecule has 10 nitrogen and oxygen atoms in total. The van der Waals surface area contributed by atoms with Gasteiger partial charge in [-0.25, -0.2) is 4.98 Å². The maximum Gasteiger partial charge on any atom is 0.308 e. The van der Waals surface area contributed by atoms with Crippen molar-refractivity contribution >= 4 is 17.8 Å². The Morgan fingerprint density at radius 3 is 2.15 bits per heavy atom. The number of carbonyl (C=O) groups excluding carboxylic acids is 3. The SMILES string of the molecule is CCC(=O)OCC(C)Oc1ccccc1.COC.COc1ccnc(C(N)=O)c1OC(C)=O. The monoisotopic (exact) mass is 464 g/mol. The Morgan fingerprint density at radius 2 is 1.67 bits per heavy atom. The van der Waals surface area contributed by atoms with E-state index in [2.05, 4.69) is 9.72 Å². The maximum absolute atomic E-state index is 11.0.